The predicted octanol–water partition coefficient (Wildman–Crippen LogP) is 5.01. The normalized spacial score (nSPS) is 13.8. The number of aromatic amines is 1. The monoisotopic (exact) mass is 529 g/mol. The highest BCUT2D eigenvalue weighted by molar-refractivity contribution is 7.07. The summed E-state index contributed by atoms with van der Waals surface area (Å²) in [5.74, 6) is -0.332. The third-order valence-electron chi connectivity index (χ3n) is 4.94. The summed E-state index contributed by atoms with van der Waals surface area (Å²) in [7, 11) is 1.28. The van der Waals surface area contributed by atoms with Gasteiger partial charge in [0.25, 0.3) is 5.91 Å². The Hall–Kier alpha value is -2.33. The van der Waals surface area contributed by atoms with Gasteiger partial charge in [-0.05, 0) is 42.1 Å². The van der Waals surface area contributed by atoms with Crippen LogP contribution < -0.4 is 10.2 Å². The summed E-state index contributed by atoms with van der Waals surface area (Å²) in [4.78, 5) is 37.1. The molecule has 1 amide bonds. The molecular formula is C21H22Cl3N5O3S. The van der Waals surface area contributed by atoms with E-state index in [2.05, 4.69) is 25.0 Å². The number of H-pyrrole nitrogens is 1. The first-order valence-corrected chi connectivity index (χ1v) is 12.1. The molecule has 176 valence electrons. The Labute approximate surface area is 210 Å². The molecule has 3 aromatic heterocycles. The zero-order valence-corrected chi connectivity index (χ0v) is 21.0. The van der Waals surface area contributed by atoms with Crippen molar-refractivity contribution in [2.24, 2.45) is 0 Å². The van der Waals surface area contributed by atoms with Gasteiger partial charge in [0.15, 0.2) is 5.69 Å². The van der Waals surface area contributed by atoms with E-state index >= 15 is 0 Å². The van der Waals surface area contributed by atoms with Gasteiger partial charge in [0, 0.05) is 30.9 Å². The standard InChI is InChI=1S/C17H18Cl3N5O3.C4H4S/c1-8-12(18)13(19)14(21-8)15(26)22-9-3-5-25(6-4-9)11-7-10(16(27)28-2)23-17(20)24-11;1-2-4-5-3-1/h7,9,21H,3-6H2,1-2H3,(H,22,26);1-4H. The van der Waals surface area contributed by atoms with E-state index in [1.54, 1.807) is 24.3 Å². The van der Waals surface area contributed by atoms with E-state index in [0.717, 1.165) is 0 Å². The number of hydrogen-bond donors (Lipinski definition) is 2. The number of piperidine rings is 1. The number of nitrogens with one attached hydrogen (secondary N) is 2. The number of rotatable bonds is 4. The van der Waals surface area contributed by atoms with Gasteiger partial charge in [-0.15, -0.1) is 0 Å². The molecular weight excluding hydrogens is 509 g/mol. The summed E-state index contributed by atoms with van der Waals surface area (Å²) in [6.07, 6.45) is 1.37. The summed E-state index contributed by atoms with van der Waals surface area (Å²) in [5.41, 5.74) is 1.01. The van der Waals surface area contributed by atoms with Crippen molar-refractivity contribution in [1.82, 2.24) is 20.3 Å². The molecule has 12 heteroatoms. The maximum absolute atomic E-state index is 12.5. The van der Waals surface area contributed by atoms with Gasteiger partial charge < -0.3 is 19.9 Å². The van der Waals surface area contributed by atoms with Crippen molar-refractivity contribution in [3.05, 3.63) is 61.4 Å². The molecule has 33 heavy (non-hydrogen) atoms. The lowest BCUT2D eigenvalue weighted by Crippen LogP contribution is -2.45. The van der Waals surface area contributed by atoms with Crippen molar-refractivity contribution in [3.8, 4) is 0 Å². The highest BCUT2D eigenvalue weighted by atomic mass is 35.5. The molecule has 1 saturated heterocycles. The van der Waals surface area contributed by atoms with Crippen LogP contribution in [0.2, 0.25) is 15.3 Å². The molecule has 0 spiro atoms. The molecule has 3 aromatic rings. The number of carbonyl (C=O) groups excluding carboxylic acids is 2. The van der Waals surface area contributed by atoms with Crippen LogP contribution in [0.5, 0.6) is 0 Å². The minimum Gasteiger partial charge on any atom is -0.464 e. The number of methoxy groups -OCH3 is 1. The summed E-state index contributed by atoms with van der Waals surface area (Å²) in [6, 6.07) is 5.55. The molecule has 0 radical (unpaired) electrons. The van der Waals surface area contributed by atoms with Crippen molar-refractivity contribution < 1.29 is 14.3 Å². The molecule has 1 aliphatic heterocycles. The Morgan fingerprint density at radius 3 is 2.33 bits per heavy atom. The van der Waals surface area contributed by atoms with Gasteiger partial charge in [0.05, 0.1) is 17.2 Å². The second kappa shape index (κ2) is 11.7. The number of anilines is 1. The molecule has 2 N–H and O–H groups in total. The fourth-order valence-corrected chi connectivity index (χ4v) is 4.29. The van der Waals surface area contributed by atoms with Crippen molar-refractivity contribution in [2.45, 2.75) is 25.8 Å². The van der Waals surface area contributed by atoms with Crippen molar-refractivity contribution in [1.29, 1.82) is 0 Å². The fraction of sp³-hybridized carbons (Fsp3) is 0.333. The third-order valence-corrected chi connectivity index (χ3v) is 6.69. The number of esters is 1. The summed E-state index contributed by atoms with van der Waals surface area (Å²) >= 11 is 19.8. The zero-order chi connectivity index (χ0) is 24.0. The molecule has 1 aliphatic rings. The number of halogens is 3. The summed E-state index contributed by atoms with van der Waals surface area (Å²) in [5, 5.41) is 7.60. The molecule has 0 aliphatic carbocycles. The molecule has 8 nitrogen and oxygen atoms in total. The van der Waals surface area contributed by atoms with Gasteiger partial charge in [0.2, 0.25) is 5.28 Å². The van der Waals surface area contributed by atoms with E-state index in [9.17, 15) is 9.59 Å². The van der Waals surface area contributed by atoms with E-state index in [0.29, 0.717) is 42.5 Å². The topological polar surface area (TPSA) is 100 Å². The van der Waals surface area contributed by atoms with Crippen molar-refractivity contribution in [3.63, 3.8) is 0 Å². The number of nitrogens with zero attached hydrogens (tertiary/aromatic N) is 3. The molecule has 0 aromatic carbocycles. The third kappa shape index (κ3) is 6.60. The zero-order valence-electron chi connectivity index (χ0n) is 17.9. The summed E-state index contributed by atoms with van der Waals surface area (Å²) < 4.78 is 4.68. The Bertz CT molecular complexity index is 1080. The number of carbonyl (C=O) groups is 2. The van der Waals surface area contributed by atoms with Gasteiger partial charge in [-0.2, -0.15) is 11.3 Å². The highest BCUT2D eigenvalue weighted by Gasteiger charge is 2.25. The van der Waals surface area contributed by atoms with Crippen LogP contribution in [-0.2, 0) is 4.74 Å². The molecule has 4 heterocycles. The van der Waals surface area contributed by atoms with Crippen LogP contribution in [-0.4, -0.2) is 53.1 Å². The first kappa shape index (κ1) is 25.3. The molecule has 0 saturated carbocycles. The molecule has 1 fully saturated rings. The smallest absolute Gasteiger partial charge is 0.356 e. The number of aryl methyl sites for hydroxylation is 1. The van der Waals surface area contributed by atoms with E-state index in [1.807, 2.05) is 27.8 Å². The average molecular weight is 531 g/mol. The largest absolute Gasteiger partial charge is 0.464 e. The maximum Gasteiger partial charge on any atom is 0.356 e. The highest BCUT2D eigenvalue weighted by Crippen LogP contribution is 2.29. The Balaban J connectivity index is 0.000000541. The lowest BCUT2D eigenvalue weighted by molar-refractivity contribution is 0.0593. The van der Waals surface area contributed by atoms with Gasteiger partial charge >= 0.3 is 5.97 Å². The van der Waals surface area contributed by atoms with Crippen LogP contribution in [0.3, 0.4) is 0 Å². The second-order valence-corrected chi connectivity index (χ2v) is 9.06. The van der Waals surface area contributed by atoms with Crippen LogP contribution in [0.1, 0.15) is 39.5 Å². The van der Waals surface area contributed by atoms with Crippen LogP contribution in [0.4, 0.5) is 5.82 Å². The lowest BCUT2D eigenvalue weighted by Gasteiger charge is -2.33. The Morgan fingerprint density at radius 2 is 1.82 bits per heavy atom. The number of amides is 1. The van der Waals surface area contributed by atoms with Gasteiger partial charge in [-0.25, -0.2) is 14.8 Å². The van der Waals surface area contributed by atoms with Gasteiger partial charge in [-0.1, -0.05) is 35.3 Å². The number of thiophene rings is 1. The minimum atomic E-state index is -0.579. The number of aromatic nitrogens is 3. The first-order valence-electron chi connectivity index (χ1n) is 9.99. The number of ether oxygens (including phenoxy) is 1. The van der Waals surface area contributed by atoms with Crippen LogP contribution >= 0.6 is 46.1 Å². The predicted molar refractivity (Wildman–Crippen MR) is 131 cm³/mol. The van der Waals surface area contributed by atoms with E-state index < -0.39 is 5.97 Å². The van der Waals surface area contributed by atoms with Crippen LogP contribution in [0.25, 0.3) is 0 Å². The maximum atomic E-state index is 12.5. The molecule has 0 unspecified atom stereocenters. The Kier molecular flexibility index (Phi) is 8.96. The lowest BCUT2D eigenvalue weighted by atomic mass is 10.0. The fourth-order valence-electron chi connectivity index (χ4n) is 3.24. The minimum absolute atomic E-state index is 0.0260. The second-order valence-electron chi connectivity index (χ2n) is 7.15. The number of hydrogen-bond acceptors (Lipinski definition) is 7. The van der Waals surface area contributed by atoms with E-state index in [1.165, 1.54) is 7.11 Å². The van der Waals surface area contributed by atoms with Crippen molar-refractivity contribution >= 4 is 63.8 Å². The average Bonchev–Trinajstić information content (AvgIpc) is 3.48. The quantitative estimate of drug-likeness (QED) is 0.363. The van der Waals surface area contributed by atoms with Crippen LogP contribution in [0.15, 0.2) is 29.0 Å². The van der Waals surface area contributed by atoms with Gasteiger partial charge in [-0.3, -0.25) is 4.79 Å². The van der Waals surface area contributed by atoms with E-state index in [-0.39, 0.29) is 33.6 Å². The van der Waals surface area contributed by atoms with E-state index in [4.69, 9.17) is 34.8 Å². The van der Waals surface area contributed by atoms with Gasteiger partial charge in [0.1, 0.15) is 11.5 Å². The SMILES string of the molecule is COC(=O)c1cc(N2CCC(NC(=O)c3[nH]c(C)c(Cl)c3Cl)CC2)nc(Cl)n1.c1ccsc1. The molecule has 4 rings (SSSR count). The van der Waals surface area contributed by atoms with Crippen LogP contribution in [0, 0.1) is 6.92 Å². The summed E-state index contributed by atoms with van der Waals surface area (Å²) in [6.45, 7) is 2.99. The molecule has 0 atom stereocenters. The molecule has 0 bridgehead atoms. The van der Waals surface area contributed by atoms with Crippen molar-refractivity contribution in [2.75, 3.05) is 25.1 Å². The Morgan fingerprint density at radius 1 is 1.15 bits per heavy atom. The first-order chi connectivity index (χ1) is 15.8.